The second-order valence-electron chi connectivity index (χ2n) is 7.61. The SMILES string of the molecule is Clc1ncc2n1C1CCCCC1C1NN=C(c3nc(C4CCCO4)no3)N21. The summed E-state index contributed by atoms with van der Waals surface area (Å²) in [7, 11) is 0. The zero-order valence-corrected chi connectivity index (χ0v) is 15.5. The zero-order chi connectivity index (χ0) is 18.0. The highest BCUT2D eigenvalue weighted by Crippen LogP contribution is 2.47. The fraction of sp³-hybridized carbons (Fsp3) is 0.647. The van der Waals surface area contributed by atoms with Crippen molar-refractivity contribution in [1.82, 2.24) is 25.1 Å². The third-order valence-electron chi connectivity index (χ3n) is 6.16. The smallest absolute Gasteiger partial charge is 0.295 e. The Morgan fingerprint density at radius 3 is 3.00 bits per heavy atom. The lowest BCUT2D eigenvalue weighted by Crippen LogP contribution is -2.53. The number of nitrogens with one attached hydrogen (secondary N) is 1. The molecule has 142 valence electrons. The van der Waals surface area contributed by atoms with E-state index in [9.17, 15) is 0 Å². The molecule has 0 bridgehead atoms. The molecule has 10 heteroatoms. The Labute approximate surface area is 160 Å². The van der Waals surface area contributed by atoms with Crippen molar-refractivity contribution < 1.29 is 9.26 Å². The Bertz CT molecular complexity index is 903. The van der Waals surface area contributed by atoms with Gasteiger partial charge >= 0.3 is 0 Å². The Kier molecular flexibility index (Phi) is 3.49. The van der Waals surface area contributed by atoms with Gasteiger partial charge < -0.3 is 9.26 Å². The second kappa shape index (κ2) is 5.93. The van der Waals surface area contributed by atoms with E-state index in [2.05, 4.69) is 35.1 Å². The molecule has 4 atom stereocenters. The van der Waals surface area contributed by atoms with Crippen molar-refractivity contribution in [3.8, 4) is 0 Å². The lowest BCUT2D eigenvalue weighted by molar-refractivity contribution is 0.103. The molecule has 0 spiro atoms. The zero-order valence-electron chi connectivity index (χ0n) is 14.7. The number of ether oxygens (including phenoxy) is 1. The molecule has 1 saturated heterocycles. The van der Waals surface area contributed by atoms with Crippen LogP contribution in [-0.4, -0.2) is 38.3 Å². The number of anilines is 1. The Balaban J connectivity index is 1.39. The predicted octanol–water partition coefficient (Wildman–Crippen LogP) is 2.61. The molecule has 2 aromatic heterocycles. The van der Waals surface area contributed by atoms with Crippen molar-refractivity contribution >= 4 is 23.3 Å². The van der Waals surface area contributed by atoms with Gasteiger partial charge in [0.2, 0.25) is 16.9 Å². The van der Waals surface area contributed by atoms with Gasteiger partial charge in [-0.05, 0) is 37.3 Å². The number of hydrazone groups is 1. The summed E-state index contributed by atoms with van der Waals surface area (Å²) in [5.41, 5.74) is 3.31. The van der Waals surface area contributed by atoms with Gasteiger partial charge in [-0.1, -0.05) is 18.0 Å². The van der Waals surface area contributed by atoms with E-state index < -0.39 is 0 Å². The number of fused-ring (bicyclic) bond motifs is 6. The van der Waals surface area contributed by atoms with Crippen molar-refractivity contribution in [2.75, 3.05) is 11.5 Å². The molecule has 4 aliphatic rings. The summed E-state index contributed by atoms with van der Waals surface area (Å²) in [4.78, 5) is 11.0. The summed E-state index contributed by atoms with van der Waals surface area (Å²) >= 11 is 6.45. The molecule has 0 amide bonds. The predicted molar refractivity (Wildman–Crippen MR) is 96.4 cm³/mol. The van der Waals surface area contributed by atoms with E-state index in [0.29, 0.717) is 34.8 Å². The highest BCUT2D eigenvalue weighted by atomic mass is 35.5. The maximum atomic E-state index is 6.45. The molecule has 9 nitrogen and oxygen atoms in total. The van der Waals surface area contributed by atoms with Crippen LogP contribution in [0.1, 0.15) is 62.4 Å². The van der Waals surface area contributed by atoms with Gasteiger partial charge in [-0.2, -0.15) is 10.1 Å². The second-order valence-corrected chi connectivity index (χ2v) is 7.95. The van der Waals surface area contributed by atoms with Crippen molar-refractivity contribution in [3.05, 3.63) is 23.2 Å². The van der Waals surface area contributed by atoms with Crippen molar-refractivity contribution in [2.45, 2.75) is 56.8 Å². The van der Waals surface area contributed by atoms with Crippen LogP contribution in [0.5, 0.6) is 0 Å². The molecule has 6 rings (SSSR count). The summed E-state index contributed by atoms with van der Waals surface area (Å²) in [5, 5.41) is 9.21. The molecule has 5 heterocycles. The molecular formula is C17H20ClN7O2. The largest absolute Gasteiger partial charge is 0.370 e. The summed E-state index contributed by atoms with van der Waals surface area (Å²) in [6, 6.07) is 0.345. The van der Waals surface area contributed by atoms with Crippen LogP contribution in [0.2, 0.25) is 5.28 Å². The van der Waals surface area contributed by atoms with E-state index in [-0.39, 0.29) is 12.3 Å². The molecule has 1 N–H and O–H groups in total. The van der Waals surface area contributed by atoms with Gasteiger partial charge in [-0.25, -0.2) is 4.98 Å². The minimum atomic E-state index is -0.0858. The maximum absolute atomic E-state index is 6.45. The van der Waals surface area contributed by atoms with E-state index in [1.54, 1.807) is 6.20 Å². The molecule has 1 aliphatic carbocycles. The number of hydrogen-bond donors (Lipinski definition) is 1. The van der Waals surface area contributed by atoms with Gasteiger partial charge in [0, 0.05) is 18.6 Å². The molecule has 4 unspecified atom stereocenters. The lowest BCUT2D eigenvalue weighted by atomic mass is 9.80. The van der Waals surface area contributed by atoms with E-state index in [0.717, 1.165) is 38.1 Å². The number of amidine groups is 1. The molecule has 0 aromatic carbocycles. The first kappa shape index (κ1) is 15.9. The van der Waals surface area contributed by atoms with Gasteiger partial charge in [0.1, 0.15) is 18.1 Å². The number of hydrogen-bond acceptors (Lipinski definition) is 8. The van der Waals surface area contributed by atoms with Crippen LogP contribution in [0.25, 0.3) is 0 Å². The number of halogens is 1. The first-order chi connectivity index (χ1) is 13.3. The van der Waals surface area contributed by atoms with Gasteiger partial charge in [0.15, 0.2) is 0 Å². The Hall–Kier alpha value is -2.13. The van der Waals surface area contributed by atoms with E-state index in [1.807, 2.05) is 0 Å². The highest BCUT2D eigenvalue weighted by molar-refractivity contribution is 6.28. The summed E-state index contributed by atoms with van der Waals surface area (Å²) in [6.45, 7) is 0.742. The van der Waals surface area contributed by atoms with Crippen LogP contribution in [-0.2, 0) is 4.74 Å². The minimum Gasteiger partial charge on any atom is -0.370 e. The van der Waals surface area contributed by atoms with Crippen molar-refractivity contribution in [3.63, 3.8) is 0 Å². The van der Waals surface area contributed by atoms with Crippen LogP contribution < -0.4 is 10.3 Å². The van der Waals surface area contributed by atoms with Crippen LogP contribution in [0.15, 0.2) is 15.8 Å². The molecule has 2 fully saturated rings. The molecule has 27 heavy (non-hydrogen) atoms. The van der Waals surface area contributed by atoms with Gasteiger partial charge in [0.05, 0.1) is 6.20 Å². The molecule has 0 radical (unpaired) electrons. The average Bonchev–Trinajstić information content (AvgIpc) is 3.46. The summed E-state index contributed by atoms with van der Waals surface area (Å²) < 4.78 is 13.4. The quantitative estimate of drug-likeness (QED) is 0.843. The normalized spacial score (nSPS) is 31.9. The molecule has 2 aromatic rings. The van der Waals surface area contributed by atoms with E-state index in [1.165, 1.54) is 12.8 Å². The highest BCUT2D eigenvalue weighted by Gasteiger charge is 2.48. The minimum absolute atomic E-state index is 0.0589. The number of rotatable bonds is 2. The monoisotopic (exact) mass is 389 g/mol. The van der Waals surface area contributed by atoms with E-state index >= 15 is 0 Å². The Morgan fingerprint density at radius 2 is 2.11 bits per heavy atom. The topological polar surface area (TPSA) is 93.6 Å². The fourth-order valence-electron chi connectivity index (χ4n) is 4.94. The van der Waals surface area contributed by atoms with Gasteiger partial charge in [-0.3, -0.25) is 14.9 Å². The van der Waals surface area contributed by atoms with E-state index in [4.69, 9.17) is 20.9 Å². The first-order valence-electron chi connectivity index (χ1n) is 9.62. The van der Waals surface area contributed by atoms with Crippen molar-refractivity contribution in [2.24, 2.45) is 11.0 Å². The van der Waals surface area contributed by atoms with Gasteiger partial charge in [-0.15, -0.1) is 0 Å². The molecule has 3 aliphatic heterocycles. The van der Waals surface area contributed by atoms with Crippen LogP contribution in [0, 0.1) is 5.92 Å². The summed E-state index contributed by atoms with van der Waals surface area (Å²) in [6.07, 6.45) is 8.38. The molecule has 1 saturated carbocycles. The standard InChI is InChI=1S/C17H20ClN7O2/c18-17-19-8-12-24(17)10-5-2-1-4-9(10)14-21-22-15(25(12)14)16-20-13(23-27-16)11-6-3-7-26-11/h8-11,14,21H,1-7H2. The number of nitrogens with zero attached hydrogens (tertiary/aromatic N) is 6. The number of aromatic nitrogens is 4. The average molecular weight is 390 g/mol. The lowest BCUT2D eigenvalue weighted by Gasteiger charge is -2.45. The van der Waals surface area contributed by atoms with Crippen LogP contribution in [0.3, 0.4) is 0 Å². The van der Waals surface area contributed by atoms with Crippen LogP contribution >= 0.6 is 11.6 Å². The first-order valence-corrected chi connectivity index (χ1v) is 10.00. The van der Waals surface area contributed by atoms with Crippen molar-refractivity contribution in [1.29, 1.82) is 0 Å². The number of imidazole rings is 1. The third-order valence-corrected chi connectivity index (χ3v) is 6.44. The summed E-state index contributed by atoms with van der Waals surface area (Å²) in [5.74, 6) is 2.94. The Morgan fingerprint density at radius 1 is 1.19 bits per heavy atom. The maximum Gasteiger partial charge on any atom is 0.295 e. The molecular weight excluding hydrogens is 370 g/mol. The third kappa shape index (κ3) is 2.27. The van der Waals surface area contributed by atoms with Crippen LogP contribution in [0.4, 0.5) is 5.82 Å². The fourth-order valence-corrected chi connectivity index (χ4v) is 5.20. The van der Waals surface area contributed by atoms with Gasteiger partial charge in [0.25, 0.3) is 5.89 Å².